The van der Waals surface area contributed by atoms with Crippen molar-refractivity contribution >= 4 is 11.3 Å². The first-order valence-electron chi connectivity index (χ1n) is 5.68. The number of hydrogen-bond acceptors (Lipinski definition) is 3. The molecule has 0 spiro atoms. The molecule has 0 unspecified atom stereocenters. The van der Waals surface area contributed by atoms with Crippen molar-refractivity contribution in [2.24, 2.45) is 0 Å². The molecule has 1 aromatic rings. The first-order valence-corrected chi connectivity index (χ1v) is 6.50. The summed E-state index contributed by atoms with van der Waals surface area (Å²) in [5.74, 6) is 0. The molecule has 1 aliphatic heterocycles. The van der Waals surface area contributed by atoms with E-state index in [-0.39, 0.29) is 0 Å². The van der Waals surface area contributed by atoms with Crippen molar-refractivity contribution < 1.29 is 0 Å². The zero-order valence-corrected chi connectivity index (χ0v) is 10.6. The number of thiophene rings is 1. The SMILES string of the molecule is Cc1ccc(CN2[C@H](C)CNC[C@@H]2C)s1. The second-order valence-corrected chi connectivity index (χ2v) is 5.91. The van der Waals surface area contributed by atoms with Gasteiger partial charge in [0.15, 0.2) is 0 Å². The van der Waals surface area contributed by atoms with Gasteiger partial charge < -0.3 is 5.32 Å². The van der Waals surface area contributed by atoms with Crippen LogP contribution in [0.3, 0.4) is 0 Å². The van der Waals surface area contributed by atoms with Gasteiger partial charge in [-0.1, -0.05) is 0 Å². The third kappa shape index (κ3) is 2.60. The molecule has 2 nitrogen and oxygen atoms in total. The molecule has 1 saturated heterocycles. The van der Waals surface area contributed by atoms with E-state index in [1.807, 2.05) is 11.3 Å². The van der Waals surface area contributed by atoms with Gasteiger partial charge in [0.1, 0.15) is 0 Å². The Labute approximate surface area is 96.3 Å². The molecular formula is C12H20N2S. The number of rotatable bonds is 2. The Morgan fingerprint density at radius 3 is 2.53 bits per heavy atom. The molecule has 0 aromatic carbocycles. The maximum atomic E-state index is 3.47. The highest BCUT2D eigenvalue weighted by atomic mass is 32.1. The summed E-state index contributed by atoms with van der Waals surface area (Å²) in [6, 6.07) is 5.78. The van der Waals surface area contributed by atoms with Gasteiger partial charge in [0.2, 0.25) is 0 Å². The van der Waals surface area contributed by atoms with Gasteiger partial charge in [-0.3, -0.25) is 4.90 Å². The lowest BCUT2D eigenvalue weighted by Gasteiger charge is -2.39. The summed E-state index contributed by atoms with van der Waals surface area (Å²) < 4.78 is 0. The van der Waals surface area contributed by atoms with Crippen LogP contribution in [-0.4, -0.2) is 30.1 Å². The van der Waals surface area contributed by atoms with Crippen LogP contribution < -0.4 is 5.32 Å². The topological polar surface area (TPSA) is 15.3 Å². The first kappa shape index (κ1) is 11.1. The van der Waals surface area contributed by atoms with E-state index in [1.165, 1.54) is 9.75 Å². The fourth-order valence-electron chi connectivity index (χ4n) is 2.23. The second kappa shape index (κ2) is 4.64. The third-order valence-corrected chi connectivity index (χ3v) is 4.13. The van der Waals surface area contributed by atoms with E-state index in [0.29, 0.717) is 12.1 Å². The van der Waals surface area contributed by atoms with Crippen LogP contribution in [0.4, 0.5) is 0 Å². The van der Waals surface area contributed by atoms with Crippen LogP contribution in [0, 0.1) is 6.92 Å². The van der Waals surface area contributed by atoms with Crippen LogP contribution in [0.15, 0.2) is 12.1 Å². The highest BCUT2D eigenvalue weighted by Crippen LogP contribution is 2.20. The average Bonchev–Trinajstić information content (AvgIpc) is 2.58. The molecule has 2 heterocycles. The minimum absolute atomic E-state index is 0.649. The first-order chi connectivity index (χ1) is 7.16. The van der Waals surface area contributed by atoms with Gasteiger partial charge in [-0.15, -0.1) is 11.3 Å². The van der Waals surface area contributed by atoms with Gasteiger partial charge in [0, 0.05) is 41.5 Å². The standard InChI is InChI=1S/C12H20N2S/c1-9-6-13-7-10(2)14(9)8-12-5-4-11(3)15-12/h4-5,9-10,13H,6-8H2,1-3H3/t9-,10+. The van der Waals surface area contributed by atoms with Crippen molar-refractivity contribution in [3.63, 3.8) is 0 Å². The molecule has 0 radical (unpaired) electrons. The average molecular weight is 224 g/mol. The molecular weight excluding hydrogens is 204 g/mol. The Morgan fingerprint density at radius 2 is 2.00 bits per heavy atom. The van der Waals surface area contributed by atoms with Crippen LogP contribution in [0.25, 0.3) is 0 Å². The molecule has 1 aromatic heterocycles. The number of nitrogens with zero attached hydrogens (tertiary/aromatic N) is 1. The molecule has 0 amide bonds. The Balaban J connectivity index is 2.03. The van der Waals surface area contributed by atoms with Crippen LogP contribution >= 0.6 is 11.3 Å². The third-order valence-electron chi connectivity index (χ3n) is 3.15. The largest absolute Gasteiger partial charge is 0.314 e. The lowest BCUT2D eigenvalue weighted by molar-refractivity contribution is 0.110. The molecule has 2 atom stereocenters. The van der Waals surface area contributed by atoms with Crippen LogP contribution in [-0.2, 0) is 6.54 Å². The summed E-state index contributed by atoms with van der Waals surface area (Å²) in [7, 11) is 0. The highest BCUT2D eigenvalue weighted by molar-refractivity contribution is 7.11. The van der Waals surface area contributed by atoms with Crippen molar-refractivity contribution in [1.29, 1.82) is 0 Å². The number of nitrogens with one attached hydrogen (secondary N) is 1. The Kier molecular flexibility index (Phi) is 3.44. The molecule has 3 heteroatoms. The summed E-state index contributed by atoms with van der Waals surface area (Å²) in [6.45, 7) is 10.1. The summed E-state index contributed by atoms with van der Waals surface area (Å²) in [4.78, 5) is 5.51. The Bertz CT molecular complexity index is 311. The molecule has 0 aliphatic carbocycles. The van der Waals surface area contributed by atoms with Crippen LogP contribution in [0.2, 0.25) is 0 Å². The molecule has 1 fully saturated rings. The van der Waals surface area contributed by atoms with Crippen molar-refractivity contribution in [2.45, 2.75) is 39.4 Å². The van der Waals surface area contributed by atoms with Crippen LogP contribution in [0.5, 0.6) is 0 Å². The summed E-state index contributed by atoms with van der Waals surface area (Å²) in [6.07, 6.45) is 0. The maximum absolute atomic E-state index is 3.47. The maximum Gasteiger partial charge on any atom is 0.0334 e. The number of hydrogen-bond donors (Lipinski definition) is 1. The van der Waals surface area contributed by atoms with Crippen LogP contribution in [0.1, 0.15) is 23.6 Å². The predicted molar refractivity (Wildman–Crippen MR) is 66.4 cm³/mol. The summed E-state index contributed by atoms with van der Waals surface area (Å²) >= 11 is 1.92. The predicted octanol–water partition coefficient (Wildman–Crippen LogP) is 2.24. The van der Waals surface area contributed by atoms with Gasteiger partial charge in [-0.05, 0) is 32.9 Å². The van der Waals surface area contributed by atoms with Crippen molar-refractivity contribution in [2.75, 3.05) is 13.1 Å². The molecule has 15 heavy (non-hydrogen) atoms. The number of aryl methyl sites for hydroxylation is 1. The summed E-state index contributed by atoms with van der Waals surface area (Å²) in [5.41, 5.74) is 0. The quantitative estimate of drug-likeness (QED) is 0.829. The molecule has 2 rings (SSSR count). The summed E-state index contributed by atoms with van der Waals surface area (Å²) in [5, 5.41) is 3.47. The minimum atomic E-state index is 0.649. The van der Waals surface area contributed by atoms with Crippen molar-refractivity contribution in [3.8, 4) is 0 Å². The van der Waals surface area contributed by atoms with Gasteiger partial charge in [0.05, 0.1) is 0 Å². The minimum Gasteiger partial charge on any atom is -0.314 e. The lowest BCUT2D eigenvalue weighted by Crippen LogP contribution is -2.54. The van der Waals surface area contributed by atoms with Crippen molar-refractivity contribution in [1.82, 2.24) is 10.2 Å². The molecule has 84 valence electrons. The lowest BCUT2D eigenvalue weighted by atomic mass is 10.1. The molecule has 1 N–H and O–H groups in total. The zero-order chi connectivity index (χ0) is 10.8. The van der Waals surface area contributed by atoms with E-state index in [0.717, 1.165) is 19.6 Å². The highest BCUT2D eigenvalue weighted by Gasteiger charge is 2.24. The van der Waals surface area contributed by atoms with E-state index >= 15 is 0 Å². The van der Waals surface area contributed by atoms with E-state index in [9.17, 15) is 0 Å². The van der Waals surface area contributed by atoms with E-state index in [2.05, 4.69) is 43.1 Å². The fourth-order valence-corrected chi connectivity index (χ4v) is 3.13. The number of piperazine rings is 1. The van der Waals surface area contributed by atoms with Gasteiger partial charge in [-0.25, -0.2) is 0 Å². The smallest absolute Gasteiger partial charge is 0.0334 e. The van der Waals surface area contributed by atoms with E-state index in [1.54, 1.807) is 0 Å². The molecule has 1 aliphatic rings. The van der Waals surface area contributed by atoms with E-state index < -0.39 is 0 Å². The van der Waals surface area contributed by atoms with Crippen molar-refractivity contribution in [3.05, 3.63) is 21.9 Å². The zero-order valence-electron chi connectivity index (χ0n) is 9.79. The van der Waals surface area contributed by atoms with E-state index in [4.69, 9.17) is 0 Å². The second-order valence-electron chi connectivity index (χ2n) is 4.54. The van der Waals surface area contributed by atoms with Gasteiger partial charge in [0.25, 0.3) is 0 Å². The molecule has 0 bridgehead atoms. The normalized spacial score (nSPS) is 28.2. The fraction of sp³-hybridized carbons (Fsp3) is 0.667. The molecule has 0 saturated carbocycles. The monoisotopic (exact) mass is 224 g/mol. The Morgan fingerprint density at radius 1 is 1.33 bits per heavy atom. The van der Waals surface area contributed by atoms with Gasteiger partial charge >= 0.3 is 0 Å². The van der Waals surface area contributed by atoms with Gasteiger partial charge in [-0.2, -0.15) is 0 Å². The Hall–Kier alpha value is -0.380.